The van der Waals surface area contributed by atoms with E-state index in [4.69, 9.17) is 9.47 Å². The van der Waals surface area contributed by atoms with Gasteiger partial charge in [-0.1, -0.05) is 29.3 Å². The van der Waals surface area contributed by atoms with E-state index in [1.807, 2.05) is 43.3 Å². The molecule has 0 bridgehead atoms. The van der Waals surface area contributed by atoms with E-state index in [0.717, 1.165) is 40.8 Å². The summed E-state index contributed by atoms with van der Waals surface area (Å²) in [5, 5.41) is 6.34. The molecule has 0 aliphatic heterocycles. The molecular formula is C25H31BrN2O3. The molecule has 31 heavy (non-hydrogen) atoms. The number of benzene rings is 2. The van der Waals surface area contributed by atoms with Crippen molar-refractivity contribution in [3.8, 4) is 11.5 Å². The van der Waals surface area contributed by atoms with Crippen LogP contribution in [0.3, 0.4) is 0 Å². The lowest BCUT2D eigenvalue weighted by molar-refractivity contribution is -0.118. The quantitative estimate of drug-likeness (QED) is 0.330. The highest BCUT2D eigenvalue weighted by atomic mass is 79.9. The lowest BCUT2D eigenvalue weighted by Gasteiger charge is -2.15. The lowest BCUT2D eigenvalue weighted by atomic mass is 9.97. The maximum absolute atomic E-state index is 12.2. The van der Waals surface area contributed by atoms with Crippen molar-refractivity contribution in [3.05, 3.63) is 63.6 Å². The van der Waals surface area contributed by atoms with E-state index < -0.39 is 0 Å². The summed E-state index contributed by atoms with van der Waals surface area (Å²) in [7, 11) is 1.60. The van der Waals surface area contributed by atoms with E-state index in [1.165, 1.54) is 25.7 Å². The van der Waals surface area contributed by atoms with Gasteiger partial charge in [0, 0.05) is 12.2 Å². The zero-order valence-electron chi connectivity index (χ0n) is 18.3. The summed E-state index contributed by atoms with van der Waals surface area (Å²) in [6.45, 7) is 3.61. The first kappa shape index (κ1) is 23.4. The Morgan fingerprint density at radius 2 is 1.97 bits per heavy atom. The van der Waals surface area contributed by atoms with Gasteiger partial charge in [0.05, 0.1) is 11.6 Å². The summed E-state index contributed by atoms with van der Waals surface area (Å²) >= 11 is 3.56. The molecule has 2 N–H and O–H groups in total. The first-order chi connectivity index (χ1) is 15.0. The molecule has 0 heterocycles. The van der Waals surface area contributed by atoms with Crippen molar-refractivity contribution >= 4 is 27.5 Å². The number of hydrogen-bond acceptors (Lipinski definition) is 4. The van der Waals surface area contributed by atoms with Crippen LogP contribution in [0.1, 0.15) is 43.2 Å². The number of allylic oxidation sites excluding steroid dienone is 1. The average Bonchev–Trinajstić information content (AvgIpc) is 2.78. The number of halogens is 1. The van der Waals surface area contributed by atoms with Gasteiger partial charge in [-0.3, -0.25) is 4.79 Å². The van der Waals surface area contributed by atoms with Crippen LogP contribution in [0.2, 0.25) is 0 Å². The second-order valence-electron chi connectivity index (χ2n) is 7.85. The first-order valence-electron chi connectivity index (χ1n) is 10.8. The Morgan fingerprint density at radius 3 is 2.68 bits per heavy atom. The molecule has 1 aliphatic carbocycles. The number of aryl methyl sites for hydroxylation is 1. The van der Waals surface area contributed by atoms with Crippen LogP contribution in [0, 0.1) is 6.92 Å². The molecule has 0 atom stereocenters. The van der Waals surface area contributed by atoms with Crippen molar-refractivity contribution in [2.75, 3.05) is 25.6 Å². The third kappa shape index (κ3) is 7.40. The monoisotopic (exact) mass is 486 g/mol. The summed E-state index contributed by atoms with van der Waals surface area (Å²) in [6.07, 6.45) is 8.61. The van der Waals surface area contributed by atoms with Crippen molar-refractivity contribution in [2.45, 2.75) is 45.6 Å². The minimum Gasteiger partial charge on any atom is -0.493 e. The molecule has 0 fully saturated rings. The summed E-state index contributed by atoms with van der Waals surface area (Å²) in [6, 6.07) is 11.6. The van der Waals surface area contributed by atoms with Gasteiger partial charge in [0.2, 0.25) is 0 Å². The summed E-state index contributed by atoms with van der Waals surface area (Å²) in [4.78, 5) is 12.2. The van der Waals surface area contributed by atoms with Gasteiger partial charge in [-0.15, -0.1) is 0 Å². The Kier molecular flexibility index (Phi) is 8.98. The molecule has 0 saturated heterocycles. The Balaban J connectivity index is 1.51. The standard InChI is InChI=1S/C25H31BrN2O3/c1-18-8-10-21(11-9-18)28-24(29)17-31-25-22(26)14-20(15-23(25)30-2)16-27-13-12-19-6-4-3-5-7-19/h6,8-11,14-15,27H,3-5,7,12-13,16-17H2,1-2H3,(H,28,29). The molecule has 0 spiro atoms. The molecule has 0 aromatic heterocycles. The van der Waals surface area contributed by atoms with Gasteiger partial charge in [-0.2, -0.15) is 0 Å². The van der Waals surface area contributed by atoms with Crippen LogP contribution in [0.5, 0.6) is 11.5 Å². The van der Waals surface area contributed by atoms with Crippen LogP contribution < -0.4 is 20.1 Å². The number of ether oxygens (including phenoxy) is 2. The Hall–Kier alpha value is -2.31. The van der Waals surface area contributed by atoms with Gasteiger partial charge in [0.15, 0.2) is 18.1 Å². The van der Waals surface area contributed by atoms with Crippen LogP contribution in [0.4, 0.5) is 5.69 Å². The van der Waals surface area contributed by atoms with Crippen molar-refractivity contribution in [2.24, 2.45) is 0 Å². The molecule has 0 saturated carbocycles. The number of hydrogen-bond donors (Lipinski definition) is 2. The highest BCUT2D eigenvalue weighted by Gasteiger charge is 2.14. The van der Waals surface area contributed by atoms with E-state index >= 15 is 0 Å². The van der Waals surface area contributed by atoms with Gasteiger partial charge < -0.3 is 20.1 Å². The Labute approximate surface area is 193 Å². The molecule has 6 heteroatoms. The fourth-order valence-electron chi connectivity index (χ4n) is 3.60. The number of methoxy groups -OCH3 is 1. The van der Waals surface area contributed by atoms with Gasteiger partial charge in [0.1, 0.15) is 0 Å². The van der Waals surface area contributed by atoms with Gasteiger partial charge in [-0.05, 0) is 91.3 Å². The van der Waals surface area contributed by atoms with Crippen molar-refractivity contribution < 1.29 is 14.3 Å². The number of rotatable bonds is 10. The molecule has 166 valence electrons. The van der Waals surface area contributed by atoms with Crippen LogP contribution in [-0.4, -0.2) is 26.2 Å². The fourth-order valence-corrected chi connectivity index (χ4v) is 4.20. The molecule has 0 unspecified atom stereocenters. The van der Waals surface area contributed by atoms with Gasteiger partial charge in [-0.25, -0.2) is 0 Å². The number of carbonyl (C=O) groups excluding carboxylic acids is 1. The summed E-state index contributed by atoms with van der Waals surface area (Å²) in [5.74, 6) is 0.905. The highest BCUT2D eigenvalue weighted by Crippen LogP contribution is 2.36. The van der Waals surface area contributed by atoms with Crippen molar-refractivity contribution in [3.63, 3.8) is 0 Å². The third-order valence-corrected chi connectivity index (χ3v) is 5.90. The maximum Gasteiger partial charge on any atom is 0.262 e. The second kappa shape index (κ2) is 11.9. The van der Waals surface area contributed by atoms with Crippen LogP contribution in [0.15, 0.2) is 52.5 Å². The topological polar surface area (TPSA) is 59.6 Å². The zero-order chi connectivity index (χ0) is 22.1. The van der Waals surface area contributed by atoms with Crippen LogP contribution >= 0.6 is 15.9 Å². The van der Waals surface area contributed by atoms with E-state index in [-0.39, 0.29) is 12.5 Å². The summed E-state index contributed by atoms with van der Waals surface area (Å²) < 4.78 is 12.0. The van der Waals surface area contributed by atoms with E-state index in [1.54, 1.807) is 12.7 Å². The predicted molar refractivity (Wildman–Crippen MR) is 129 cm³/mol. The number of carbonyl (C=O) groups is 1. The molecular weight excluding hydrogens is 456 g/mol. The summed E-state index contributed by atoms with van der Waals surface area (Å²) in [5.41, 5.74) is 4.56. The lowest BCUT2D eigenvalue weighted by Crippen LogP contribution is -2.20. The first-order valence-corrected chi connectivity index (χ1v) is 11.6. The van der Waals surface area contributed by atoms with E-state index in [9.17, 15) is 4.79 Å². The van der Waals surface area contributed by atoms with Gasteiger partial charge >= 0.3 is 0 Å². The molecule has 5 nitrogen and oxygen atoms in total. The molecule has 1 amide bonds. The second-order valence-corrected chi connectivity index (χ2v) is 8.70. The normalized spacial score (nSPS) is 13.5. The van der Waals surface area contributed by atoms with Gasteiger partial charge in [0.25, 0.3) is 5.91 Å². The van der Waals surface area contributed by atoms with E-state index in [2.05, 4.69) is 32.6 Å². The molecule has 1 aliphatic rings. The SMILES string of the molecule is COc1cc(CNCCC2=CCCCC2)cc(Br)c1OCC(=O)Nc1ccc(C)cc1. The molecule has 3 rings (SSSR count). The molecule has 2 aromatic carbocycles. The third-order valence-electron chi connectivity index (χ3n) is 5.31. The van der Waals surface area contributed by atoms with Crippen LogP contribution in [0.25, 0.3) is 0 Å². The Bertz CT molecular complexity index is 910. The average molecular weight is 487 g/mol. The molecule has 2 aromatic rings. The number of anilines is 1. The van der Waals surface area contributed by atoms with Crippen molar-refractivity contribution in [1.82, 2.24) is 5.32 Å². The van der Waals surface area contributed by atoms with Crippen LogP contribution in [-0.2, 0) is 11.3 Å². The fraction of sp³-hybridized carbons (Fsp3) is 0.400. The minimum atomic E-state index is -0.222. The predicted octanol–water partition coefficient (Wildman–Crippen LogP) is 5.76. The zero-order valence-corrected chi connectivity index (χ0v) is 19.9. The maximum atomic E-state index is 12.2. The highest BCUT2D eigenvalue weighted by molar-refractivity contribution is 9.10. The Morgan fingerprint density at radius 1 is 1.16 bits per heavy atom. The number of amides is 1. The largest absolute Gasteiger partial charge is 0.493 e. The molecule has 0 radical (unpaired) electrons. The minimum absolute atomic E-state index is 0.102. The van der Waals surface area contributed by atoms with Crippen molar-refractivity contribution in [1.29, 1.82) is 0 Å². The smallest absolute Gasteiger partial charge is 0.262 e. The number of nitrogens with one attached hydrogen (secondary N) is 2. The van der Waals surface area contributed by atoms with E-state index in [0.29, 0.717) is 11.5 Å².